The molecule has 0 heterocycles. The van der Waals surface area contributed by atoms with Crippen molar-refractivity contribution >= 4 is 0 Å². The second-order valence-corrected chi connectivity index (χ2v) is 3.16. The number of aliphatic hydroxyl groups is 1. The normalized spacial score (nSPS) is 12.4. The highest BCUT2D eigenvalue weighted by molar-refractivity contribution is 5.26. The molecule has 0 spiro atoms. The Kier molecular flexibility index (Phi) is 4.36. The van der Waals surface area contributed by atoms with Crippen molar-refractivity contribution in [2.45, 2.75) is 12.5 Å². The number of ether oxygens (including phenoxy) is 1. The average Bonchev–Trinajstić information content (AvgIpc) is 2.26. The summed E-state index contributed by atoms with van der Waals surface area (Å²) in [5.41, 5.74) is 2.09. The van der Waals surface area contributed by atoms with Crippen molar-refractivity contribution in [3.8, 4) is 0 Å². The molecule has 0 radical (unpaired) electrons. The van der Waals surface area contributed by atoms with Crippen molar-refractivity contribution in [1.29, 1.82) is 0 Å². The van der Waals surface area contributed by atoms with E-state index in [4.69, 9.17) is 4.74 Å². The largest absolute Gasteiger partial charge is 0.384 e. The molecular formula is C12H16O2. The van der Waals surface area contributed by atoms with Gasteiger partial charge < -0.3 is 9.84 Å². The van der Waals surface area contributed by atoms with Crippen LogP contribution < -0.4 is 0 Å². The smallest absolute Gasteiger partial charge is 0.0969 e. The van der Waals surface area contributed by atoms with Crippen molar-refractivity contribution in [2.24, 2.45) is 0 Å². The van der Waals surface area contributed by atoms with Gasteiger partial charge in [-0.1, -0.05) is 30.3 Å². The maximum atomic E-state index is 9.45. The van der Waals surface area contributed by atoms with Gasteiger partial charge in [0.15, 0.2) is 0 Å². The molecule has 0 aliphatic carbocycles. The van der Waals surface area contributed by atoms with Crippen LogP contribution in [0.15, 0.2) is 36.9 Å². The SMILES string of the molecule is C=CC(O)c1ccc(CCOC)cc1. The molecule has 0 bridgehead atoms. The highest BCUT2D eigenvalue weighted by Gasteiger charge is 2.01. The summed E-state index contributed by atoms with van der Waals surface area (Å²) in [4.78, 5) is 0. The molecule has 0 aliphatic rings. The molecule has 1 aromatic rings. The Morgan fingerprint density at radius 3 is 2.57 bits per heavy atom. The fourth-order valence-electron chi connectivity index (χ4n) is 1.24. The standard InChI is InChI=1S/C12H16O2/c1-3-12(13)11-6-4-10(5-7-11)8-9-14-2/h3-7,12-13H,1,8-9H2,2H3. The van der Waals surface area contributed by atoms with Crippen LogP contribution in [0.4, 0.5) is 0 Å². The number of hydrogen-bond acceptors (Lipinski definition) is 2. The molecule has 0 aromatic heterocycles. The van der Waals surface area contributed by atoms with Crippen molar-refractivity contribution in [3.63, 3.8) is 0 Å². The second-order valence-electron chi connectivity index (χ2n) is 3.16. The van der Waals surface area contributed by atoms with Crippen LogP contribution in [0.5, 0.6) is 0 Å². The Hall–Kier alpha value is -1.12. The van der Waals surface area contributed by atoms with Crippen LogP contribution in [0.25, 0.3) is 0 Å². The van der Waals surface area contributed by atoms with E-state index >= 15 is 0 Å². The number of rotatable bonds is 5. The predicted molar refractivity (Wildman–Crippen MR) is 57.2 cm³/mol. The van der Waals surface area contributed by atoms with Crippen molar-refractivity contribution in [2.75, 3.05) is 13.7 Å². The number of benzene rings is 1. The molecule has 0 fully saturated rings. The molecule has 1 rings (SSSR count). The van der Waals surface area contributed by atoms with Crippen LogP contribution >= 0.6 is 0 Å². The monoisotopic (exact) mass is 192 g/mol. The summed E-state index contributed by atoms with van der Waals surface area (Å²) in [6, 6.07) is 7.83. The lowest BCUT2D eigenvalue weighted by atomic mass is 10.1. The maximum absolute atomic E-state index is 9.45. The molecule has 2 nitrogen and oxygen atoms in total. The molecule has 1 aromatic carbocycles. The molecule has 1 unspecified atom stereocenters. The van der Waals surface area contributed by atoms with Gasteiger partial charge in [-0.3, -0.25) is 0 Å². The van der Waals surface area contributed by atoms with Crippen LogP contribution in [-0.2, 0) is 11.2 Å². The van der Waals surface area contributed by atoms with Gasteiger partial charge in [0.05, 0.1) is 12.7 Å². The van der Waals surface area contributed by atoms with E-state index < -0.39 is 6.10 Å². The Labute approximate surface area is 84.8 Å². The van der Waals surface area contributed by atoms with Gasteiger partial charge in [0.1, 0.15) is 0 Å². The molecule has 1 atom stereocenters. The molecule has 1 N–H and O–H groups in total. The lowest BCUT2D eigenvalue weighted by Crippen LogP contribution is -1.96. The summed E-state index contributed by atoms with van der Waals surface area (Å²) in [6.45, 7) is 4.26. The van der Waals surface area contributed by atoms with Crippen LogP contribution in [0.3, 0.4) is 0 Å². The fourth-order valence-corrected chi connectivity index (χ4v) is 1.24. The van der Waals surface area contributed by atoms with Crippen LogP contribution in [0.2, 0.25) is 0 Å². The van der Waals surface area contributed by atoms with Crippen LogP contribution in [0, 0.1) is 0 Å². The van der Waals surface area contributed by atoms with E-state index in [0.29, 0.717) is 0 Å². The Bertz CT molecular complexity index is 277. The highest BCUT2D eigenvalue weighted by atomic mass is 16.5. The van der Waals surface area contributed by atoms with Crippen molar-refractivity contribution in [3.05, 3.63) is 48.0 Å². The fraction of sp³-hybridized carbons (Fsp3) is 0.333. The Balaban J connectivity index is 2.63. The van der Waals surface area contributed by atoms with Gasteiger partial charge >= 0.3 is 0 Å². The summed E-state index contributed by atoms with van der Waals surface area (Å²) in [5, 5.41) is 9.45. The second kappa shape index (κ2) is 5.58. The Morgan fingerprint density at radius 2 is 2.07 bits per heavy atom. The summed E-state index contributed by atoms with van der Waals surface area (Å²) in [5.74, 6) is 0. The number of methoxy groups -OCH3 is 1. The summed E-state index contributed by atoms with van der Waals surface area (Å²) in [7, 11) is 1.69. The van der Waals surface area contributed by atoms with Gasteiger partial charge in [-0.2, -0.15) is 0 Å². The molecule has 0 amide bonds. The zero-order chi connectivity index (χ0) is 10.4. The van der Waals surface area contributed by atoms with Crippen LogP contribution in [-0.4, -0.2) is 18.8 Å². The first-order valence-electron chi connectivity index (χ1n) is 4.66. The van der Waals surface area contributed by atoms with E-state index in [9.17, 15) is 5.11 Å². The predicted octanol–water partition coefficient (Wildman–Crippen LogP) is 2.09. The molecule has 0 saturated heterocycles. The van der Waals surface area contributed by atoms with Crippen LogP contribution in [0.1, 0.15) is 17.2 Å². The molecule has 0 saturated carbocycles. The minimum Gasteiger partial charge on any atom is -0.384 e. The van der Waals surface area contributed by atoms with E-state index in [-0.39, 0.29) is 0 Å². The minimum absolute atomic E-state index is 0.563. The van der Waals surface area contributed by atoms with Gasteiger partial charge in [-0.05, 0) is 17.5 Å². The average molecular weight is 192 g/mol. The first-order chi connectivity index (χ1) is 6.77. The third-order valence-electron chi connectivity index (χ3n) is 2.14. The van der Waals surface area contributed by atoms with Gasteiger partial charge in [-0.25, -0.2) is 0 Å². The third kappa shape index (κ3) is 2.98. The molecule has 14 heavy (non-hydrogen) atoms. The molecule has 76 valence electrons. The van der Waals surface area contributed by atoms with E-state index in [2.05, 4.69) is 6.58 Å². The maximum Gasteiger partial charge on any atom is 0.0969 e. The summed E-state index contributed by atoms with van der Waals surface area (Å²) < 4.78 is 4.98. The number of aliphatic hydroxyl groups excluding tert-OH is 1. The van der Waals surface area contributed by atoms with E-state index in [1.165, 1.54) is 11.6 Å². The lowest BCUT2D eigenvalue weighted by molar-refractivity contribution is 0.202. The first kappa shape index (κ1) is 11.0. The van der Waals surface area contributed by atoms with Crippen molar-refractivity contribution in [1.82, 2.24) is 0 Å². The summed E-state index contributed by atoms with van der Waals surface area (Å²) >= 11 is 0. The van der Waals surface area contributed by atoms with Gasteiger partial charge in [0.25, 0.3) is 0 Å². The lowest BCUT2D eigenvalue weighted by Gasteiger charge is -2.06. The van der Waals surface area contributed by atoms with Gasteiger partial charge in [0.2, 0.25) is 0 Å². The Morgan fingerprint density at radius 1 is 1.43 bits per heavy atom. The van der Waals surface area contributed by atoms with E-state index in [1.54, 1.807) is 7.11 Å². The van der Waals surface area contributed by atoms with Crippen molar-refractivity contribution < 1.29 is 9.84 Å². The highest BCUT2D eigenvalue weighted by Crippen LogP contribution is 2.14. The topological polar surface area (TPSA) is 29.5 Å². The molecule has 2 heteroatoms. The quantitative estimate of drug-likeness (QED) is 0.724. The third-order valence-corrected chi connectivity index (χ3v) is 2.14. The minimum atomic E-state index is -0.563. The summed E-state index contributed by atoms with van der Waals surface area (Å²) in [6.07, 6.45) is 1.86. The molecular weight excluding hydrogens is 176 g/mol. The van der Waals surface area contributed by atoms with E-state index in [1.807, 2.05) is 24.3 Å². The van der Waals surface area contributed by atoms with Gasteiger partial charge in [0, 0.05) is 7.11 Å². The molecule has 0 aliphatic heterocycles. The first-order valence-corrected chi connectivity index (χ1v) is 4.66. The van der Waals surface area contributed by atoms with Gasteiger partial charge in [-0.15, -0.1) is 6.58 Å². The number of hydrogen-bond donors (Lipinski definition) is 1. The zero-order valence-electron chi connectivity index (χ0n) is 8.44. The van der Waals surface area contributed by atoms with E-state index in [0.717, 1.165) is 18.6 Å². The zero-order valence-corrected chi connectivity index (χ0v) is 8.44.